The van der Waals surface area contributed by atoms with Crippen molar-refractivity contribution in [2.45, 2.75) is 20.3 Å². The Kier molecular flexibility index (Phi) is 4.76. The average molecular weight is 343 g/mol. The number of rotatable bonds is 5. The lowest BCUT2D eigenvalue weighted by molar-refractivity contribution is 0.627. The minimum Gasteiger partial charge on any atom is -0.295 e. The topological polar surface area (TPSA) is 50.1 Å². The molecule has 0 saturated carbocycles. The first-order valence-electron chi connectivity index (χ1n) is 7.67. The van der Waals surface area contributed by atoms with Gasteiger partial charge in [0.2, 0.25) is 0 Å². The smallest absolute Gasteiger partial charge is 0.280 e. The van der Waals surface area contributed by atoms with Crippen LogP contribution in [0.2, 0.25) is 0 Å². The van der Waals surface area contributed by atoms with Gasteiger partial charge in [-0.05, 0) is 49.6 Å². The molecule has 0 spiro atoms. The molecule has 2 heterocycles. The van der Waals surface area contributed by atoms with E-state index in [-0.39, 0.29) is 11.4 Å². The van der Waals surface area contributed by atoms with Gasteiger partial charge in [-0.2, -0.15) is 0 Å². The van der Waals surface area contributed by atoms with Crippen molar-refractivity contribution in [2.75, 3.05) is 6.54 Å². The summed E-state index contributed by atoms with van der Waals surface area (Å²) in [5, 5.41) is 5.08. The molecular formula is C18H18FN3OS. The maximum atomic E-state index is 13.1. The van der Waals surface area contributed by atoms with E-state index in [0.29, 0.717) is 23.5 Å². The van der Waals surface area contributed by atoms with Crippen LogP contribution in [0.5, 0.6) is 0 Å². The molecule has 0 aliphatic heterocycles. The van der Waals surface area contributed by atoms with E-state index < -0.39 is 0 Å². The molecule has 0 unspecified atom stereocenters. The van der Waals surface area contributed by atoms with Gasteiger partial charge in [-0.3, -0.25) is 14.9 Å². The van der Waals surface area contributed by atoms with Crippen LogP contribution in [-0.4, -0.2) is 22.0 Å². The predicted molar refractivity (Wildman–Crippen MR) is 96.2 cm³/mol. The maximum absolute atomic E-state index is 13.1. The Hall–Kier alpha value is -2.47. The van der Waals surface area contributed by atoms with Gasteiger partial charge in [-0.15, -0.1) is 11.3 Å². The molecule has 4 nitrogen and oxygen atoms in total. The molecule has 24 heavy (non-hydrogen) atoms. The van der Waals surface area contributed by atoms with Crippen LogP contribution in [-0.2, 0) is 6.42 Å². The number of nitrogens with zero attached hydrogens (tertiary/aromatic N) is 2. The highest BCUT2D eigenvalue weighted by atomic mass is 32.1. The predicted octanol–water partition coefficient (Wildman–Crippen LogP) is 3.73. The van der Waals surface area contributed by atoms with E-state index in [1.54, 1.807) is 23.5 Å². The summed E-state index contributed by atoms with van der Waals surface area (Å²) >= 11 is 1.71. The largest absolute Gasteiger partial charge is 0.295 e. The summed E-state index contributed by atoms with van der Waals surface area (Å²) < 4.78 is 14.5. The zero-order chi connectivity index (χ0) is 17.1. The number of benzene rings is 1. The van der Waals surface area contributed by atoms with Gasteiger partial charge < -0.3 is 0 Å². The molecule has 0 radical (unpaired) electrons. The van der Waals surface area contributed by atoms with Gasteiger partial charge in [0, 0.05) is 29.2 Å². The molecule has 0 amide bonds. The monoisotopic (exact) mass is 343 g/mol. The Morgan fingerprint density at radius 3 is 2.71 bits per heavy atom. The maximum Gasteiger partial charge on any atom is 0.280 e. The highest BCUT2D eigenvalue weighted by molar-refractivity contribution is 7.09. The summed E-state index contributed by atoms with van der Waals surface area (Å²) in [5.41, 5.74) is 2.47. The highest BCUT2D eigenvalue weighted by Gasteiger charge is 2.14. The van der Waals surface area contributed by atoms with Crippen LogP contribution in [0, 0.1) is 12.7 Å². The zero-order valence-electron chi connectivity index (χ0n) is 13.5. The van der Waals surface area contributed by atoms with E-state index >= 15 is 0 Å². The normalized spacial score (nSPS) is 11.9. The van der Waals surface area contributed by atoms with Crippen LogP contribution in [0.15, 0.2) is 51.6 Å². The zero-order valence-corrected chi connectivity index (χ0v) is 14.4. The lowest BCUT2D eigenvalue weighted by Gasteiger charge is -2.00. The van der Waals surface area contributed by atoms with E-state index in [0.717, 1.165) is 12.1 Å². The van der Waals surface area contributed by atoms with E-state index in [1.165, 1.54) is 21.7 Å². The Morgan fingerprint density at radius 2 is 2.04 bits per heavy atom. The Labute approximate surface area is 143 Å². The SMILES string of the molecule is CC(=NCCc1cccs1)c1c(C)[nH]n(-c2ccc(F)cc2)c1=O. The van der Waals surface area contributed by atoms with Crippen molar-refractivity contribution in [1.29, 1.82) is 0 Å². The lowest BCUT2D eigenvalue weighted by Crippen LogP contribution is -2.20. The number of aromatic amines is 1. The van der Waals surface area contributed by atoms with Crippen LogP contribution in [0.25, 0.3) is 5.69 Å². The van der Waals surface area contributed by atoms with Crippen LogP contribution >= 0.6 is 11.3 Å². The third-order valence-electron chi connectivity index (χ3n) is 3.81. The first kappa shape index (κ1) is 16.4. The van der Waals surface area contributed by atoms with Gasteiger partial charge in [0.25, 0.3) is 5.56 Å². The number of aromatic nitrogens is 2. The fraction of sp³-hybridized carbons (Fsp3) is 0.222. The quantitative estimate of drug-likeness (QED) is 0.705. The van der Waals surface area contributed by atoms with Crippen LogP contribution in [0.1, 0.15) is 23.1 Å². The van der Waals surface area contributed by atoms with Crippen molar-refractivity contribution in [2.24, 2.45) is 4.99 Å². The first-order chi connectivity index (χ1) is 11.6. The van der Waals surface area contributed by atoms with E-state index in [2.05, 4.69) is 16.2 Å². The fourth-order valence-corrected chi connectivity index (χ4v) is 3.31. The molecule has 0 aliphatic rings. The second-order valence-corrected chi connectivity index (χ2v) is 6.56. The summed E-state index contributed by atoms with van der Waals surface area (Å²) in [7, 11) is 0. The summed E-state index contributed by atoms with van der Waals surface area (Å²) in [6, 6.07) is 9.91. The third kappa shape index (κ3) is 3.38. The number of aliphatic imine (C=N–C) groups is 1. The molecule has 0 aliphatic carbocycles. The Bertz CT molecular complexity index is 905. The van der Waals surface area contributed by atoms with Crippen LogP contribution < -0.4 is 5.56 Å². The van der Waals surface area contributed by atoms with Crippen LogP contribution in [0.4, 0.5) is 4.39 Å². The summed E-state index contributed by atoms with van der Waals surface area (Å²) in [6.07, 6.45) is 0.866. The van der Waals surface area contributed by atoms with Crippen molar-refractivity contribution in [3.63, 3.8) is 0 Å². The van der Waals surface area contributed by atoms with Gasteiger partial charge in [0.1, 0.15) is 5.82 Å². The molecule has 124 valence electrons. The second kappa shape index (κ2) is 6.97. The summed E-state index contributed by atoms with van der Waals surface area (Å²) in [6.45, 7) is 4.34. The number of thiophene rings is 1. The average Bonchev–Trinajstić information content (AvgIpc) is 3.16. The number of aryl methyl sites for hydroxylation is 1. The molecule has 6 heteroatoms. The molecule has 3 aromatic rings. The molecule has 1 aromatic carbocycles. The van der Waals surface area contributed by atoms with Crippen molar-refractivity contribution in [3.05, 3.63) is 74.1 Å². The van der Waals surface area contributed by atoms with E-state index in [4.69, 9.17) is 0 Å². The van der Waals surface area contributed by atoms with Crippen molar-refractivity contribution < 1.29 is 4.39 Å². The molecular weight excluding hydrogens is 325 g/mol. The minimum absolute atomic E-state index is 0.170. The molecule has 2 aromatic heterocycles. The summed E-state index contributed by atoms with van der Waals surface area (Å²) in [5.74, 6) is -0.332. The number of nitrogens with one attached hydrogen (secondary N) is 1. The molecule has 0 saturated heterocycles. The standard InChI is InChI=1S/C18H18FN3OS/c1-12(20-10-9-16-4-3-11-24-16)17-13(2)21-22(18(17)23)15-7-5-14(19)6-8-15/h3-8,11,21H,9-10H2,1-2H3. The first-order valence-corrected chi connectivity index (χ1v) is 8.55. The number of hydrogen-bond acceptors (Lipinski definition) is 3. The number of hydrogen-bond donors (Lipinski definition) is 1. The van der Waals surface area contributed by atoms with Crippen molar-refractivity contribution in [1.82, 2.24) is 9.78 Å². The van der Waals surface area contributed by atoms with E-state index in [9.17, 15) is 9.18 Å². The fourth-order valence-electron chi connectivity index (χ4n) is 2.61. The summed E-state index contributed by atoms with van der Waals surface area (Å²) in [4.78, 5) is 18.5. The molecule has 0 atom stereocenters. The highest BCUT2D eigenvalue weighted by Crippen LogP contribution is 2.11. The van der Waals surface area contributed by atoms with Gasteiger partial charge in [-0.25, -0.2) is 9.07 Å². The molecule has 1 N–H and O–H groups in total. The van der Waals surface area contributed by atoms with Crippen LogP contribution in [0.3, 0.4) is 0 Å². The Balaban J connectivity index is 1.85. The van der Waals surface area contributed by atoms with Gasteiger partial charge in [0.05, 0.1) is 11.3 Å². The van der Waals surface area contributed by atoms with Crippen molar-refractivity contribution >= 4 is 17.0 Å². The minimum atomic E-state index is -0.332. The van der Waals surface area contributed by atoms with Gasteiger partial charge in [-0.1, -0.05) is 6.07 Å². The number of H-pyrrole nitrogens is 1. The number of halogens is 1. The van der Waals surface area contributed by atoms with E-state index in [1.807, 2.05) is 25.3 Å². The van der Waals surface area contributed by atoms with Gasteiger partial charge >= 0.3 is 0 Å². The second-order valence-electron chi connectivity index (χ2n) is 5.53. The van der Waals surface area contributed by atoms with Gasteiger partial charge in [0.15, 0.2) is 0 Å². The van der Waals surface area contributed by atoms with Crippen molar-refractivity contribution in [3.8, 4) is 5.69 Å². The third-order valence-corrected chi connectivity index (χ3v) is 4.74. The molecule has 3 rings (SSSR count). The molecule has 0 bridgehead atoms. The lowest BCUT2D eigenvalue weighted by atomic mass is 10.2. The molecule has 0 fully saturated rings. The Morgan fingerprint density at radius 1 is 1.29 bits per heavy atom.